The number of H-pyrrole nitrogens is 1. The minimum Gasteiger partial charge on any atom is -0.478 e. The molecule has 1 aromatic heterocycles. The van der Waals surface area contributed by atoms with E-state index in [1.165, 1.54) is 13.8 Å². The molecule has 2 aromatic carbocycles. The number of ether oxygens (including phenoxy) is 1. The molecule has 6 heteroatoms. The quantitative estimate of drug-likeness (QED) is 0.663. The molecule has 0 spiro atoms. The Morgan fingerprint density at radius 1 is 1.13 bits per heavy atom. The lowest BCUT2D eigenvalue weighted by atomic mass is 9.98. The summed E-state index contributed by atoms with van der Waals surface area (Å²) in [5.74, 6) is -0.489. The molecule has 0 unspecified atom stereocenters. The predicted octanol–water partition coefficient (Wildman–Crippen LogP) is 4.34. The summed E-state index contributed by atoms with van der Waals surface area (Å²) >= 11 is 0. The third-order valence-electron chi connectivity index (χ3n) is 5.41. The van der Waals surface area contributed by atoms with Gasteiger partial charge in [-0.05, 0) is 49.6 Å². The average molecular weight is 404 g/mol. The number of hydrogen-bond acceptors (Lipinski definition) is 3. The molecule has 2 N–H and O–H groups in total. The molecule has 0 bridgehead atoms. The maximum absolute atomic E-state index is 13.0. The summed E-state index contributed by atoms with van der Waals surface area (Å²) in [4.78, 5) is 29.3. The van der Waals surface area contributed by atoms with E-state index in [-0.39, 0.29) is 5.91 Å². The van der Waals surface area contributed by atoms with Crippen molar-refractivity contribution in [3.63, 3.8) is 0 Å². The van der Waals surface area contributed by atoms with Crippen molar-refractivity contribution in [2.24, 2.45) is 0 Å². The smallest absolute Gasteiger partial charge is 0.347 e. The van der Waals surface area contributed by atoms with Crippen LogP contribution in [0.2, 0.25) is 0 Å². The summed E-state index contributed by atoms with van der Waals surface area (Å²) < 4.78 is 5.65. The zero-order chi connectivity index (χ0) is 21.3. The minimum absolute atomic E-state index is 0.0167. The van der Waals surface area contributed by atoms with Crippen molar-refractivity contribution in [2.45, 2.75) is 25.9 Å². The van der Waals surface area contributed by atoms with Gasteiger partial charge >= 0.3 is 5.97 Å². The summed E-state index contributed by atoms with van der Waals surface area (Å²) in [7, 11) is 0. The molecule has 0 atom stereocenters. The fraction of sp³-hybridized carbons (Fsp3) is 0.250. The number of para-hydroxylation sites is 1. The van der Waals surface area contributed by atoms with Crippen molar-refractivity contribution in [1.29, 1.82) is 0 Å². The number of fused-ring (bicyclic) bond motifs is 1. The Kier molecular flexibility index (Phi) is 5.08. The van der Waals surface area contributed by atoms with Crippen molar-refractivity contribution in [2.75, 3.05) is 13.1 Å². The van der Waals surface area contributed by atoms with Gasteiger partial charge in [0.15, 0.2) is 5.60 Å². The normalized spacial score (nSPS) is 14.5. The number of nitrogens with zero attached hydrogens (tertiary/aromatic N) is 1. The number of nitrogens with one attached hydrogen (secondary N) is 1. The molecule has 3 aromatic rings. The number of aromatic nitrogens is 1. The monoisotopic (exact) mass is 404 g/mol. The minimum atomic E-state index is -1.30. The highest BCUT2D eigenvalue weighted by Gasteiger charge is 2.29. The second-order valence-corrected chi connectivity index (χ2v) is 7.92. The van der Waals surface area contributed by atoms with E-state index in [9.17, 15) is 14.7 Å². The molecule has 0 aliphatic carbocycles. The maximum atomic E-state index is 13.0. The third-order valence-corrected chi connectivity index (χ3v) is 5.41. The van der Waals surface area contributed by atoms with Crippen LogP contribution in [0.1, 0.15) is 36.2 Å². The van der Waals surface area contributed by atoms with Crippen molar-refractivity contribution in [1.82, 2.24) is 9.88 Å². The van der Waals surface area contributed by atoms with Gasteiger partial charge in [-0.15, -0.1) is 0 Å². The predicted molar refractivity (Wildman–Crippen MR) is 116 cm³/mol. The van der Waals surface area contributed by atoms with Crippen LogP contribution in [-0.4, -0.2) is 45.6 Å². The molecule has 1 aliphatic heterocycles. The first-order valence-electron chi connectivity index (χ1n) is 9.92. The highest BCUT2D eigenvalue weighted by Crippen LogP contribution is 2.28. The van der Waals surface area contributed by atoms with E-state index < -0.39 is 11.6 Å². The highest BCUT2D eigenvalue weighted by molar-refractivity contribution is 6.06. The van der Waals surface area contributed by atoms with E-state index >= 15 is 0 Å². The third kappa shape index (κ3) is 3.81. The van der Waals surface area contributed by atoms with Crippen molar-refractivity contribution in [3.8, 4) is 5.75 Å². The number of benzene rings is 2. The van der Waals surface area contributed by atoms with Crippen molar-refractivity contribution in [3.05, 3.63) is 71.9 Å². The van der Waals surface area contributed by atoms with Crippen LogP contribution < -0.4 is 4.74 Å². The van der Waals surface area contributed by atoms with Crippen LogP contribution in [0.25, 0.3) is 16.5 Å². The van der Waals surface area contributed by atoms with Crippen LogP contribution in [0.4, 0.5) is 0 Å². The Labute approximate surface area is 174 Å². The summed E-state index contributed by atoms with van der Waals surface area (Å²) in [5, 5.41) is 10.2. The van der Waals surface area contributed by atoms with Gasteiger partial charge < -0.3 is 19.7 Å². The summed E-state index contributed by atoms with van der Waals surface area (Å²) in [6.07, 6.45) is 4.55. The topological polar surface area (TPSA) is 82.6 Å². The Hall–Kier alpha value is -3.54. The van der Waals surface area contributed by atoms with E-state index in [1.54, 1.807) is 12.3 Å². The molecule has 1 amide bonds. The number of carboxylic acids is 1. The number of amides is 1. The van der Waals surface area contributed by atoms with Gasteiger partial charge in [-0.3, -0.25) is 4.79 Å². The molecule has 2 heterocycles. The SMILES string of the molecule is CC(C)(Oc1cccc(C2=CCN(C(=O)c3c[nH]c4ccccc34)CC2)c1)C(=O)O. The van der Waals surface area contributed by atoms with Crippen LogP contribution in [-0.2, 0) is 4.79 Å². The fourth-order valence-electron chi connectivity index (χ4n) is 3.63. The molecule has 4 rings (SSSR count). The van der Waals surface area contributed by atoms with Gasteiger partial charge in [-0.2, -0.15) is 0 Å². The first kappa shape index (κ1) is 19.8. The zero-order valence-corrected chi connectivity index (χ0v) is 17.0. The lowest BCUT2D eigenvalue weighted by Crippen LogP contribution is -2.37. The molecular formula is C24H24N2O4. The Bertz CT molecular complexity index is 1140. The first-order valence-corrected chi connectivity index (χ1v) is 9.92. The number of hydrogen-bond donors (Lipinski definition) is 2. The summed E-state index contributed by atoms with van der Waals surface area (Å²) in [6, 6.07) is 15.2. The standard InChI is InChI=1S/C24H24N2O4/c1-24(2,23(28)29)30-18-7-5-6-17(14-18)16-10-12-26(13-11-16)22(27)20-15-25-21-9-4-3-8-19(20)21/h3-10,14-15,25H,11-13H2,1-2H3,(H,28,29). The second kappa shape index (κ2) is 7.71. The van der Waals surface area contributed by atoms with E-state index in [0.29, 0.717) is 24.4 Å². The van der Waals surface area contributed by atoms with Crippen LogP contribution in [0, 0.1) is 0 Å². The van der Waals surface area contributed by atoms with Gasteiger partial charge in [0.25, 0.3) is 5.91 Å². The van der Waals surface area contributed by atoms with Gasteiger partial charge in [-0.1, -0.05) is 36.4 Å². The lowest BCUT2D eigenvalue weighted by Gasteiger charge is -2.27. The van der Waals surface area contributed by atoms with E-state index in [4.69, 9.17) is 4.74 Å². The Morgan fingerprint density at radius 3 is 2.67 bits per heavy atom. The van der Waals surface area contributed by atoms with Crippen LogP contribution >= 0.6 is 0 Å². The van der Waals surface area contributed by atoms with E-state index in [0.717, 1.165) is 28.5 Å². The van der Waals surface area contributed by atoms with Gasteiger partial charge in [-0.25, -0.2) is 4.79 Å². The van der Waals surface area contributed by atoms with Gasteiger partial charge in [0.2, 0.25) is 0 Å². The van der Waals surface area contributed by atoms with Gasteiger partial charge in [0.1, 0.15) is 5.75 Å². The number of carboxylic acid groups (broad SMARTS) is 1. The van der Waals surface area contributed by atoms with Gasteiger partial charge in [0, 0.05) is 30.2 Å². The van der Waals surface area contributed by atoms with Crippen LogP contribution in [0.5, 0.6) is 5.75 Å². The summed E-state index contributed by atoms with van der Waals surface area (Å²) in [5.41, 5.74) is 2.44. The average Bonchev–Trinajstić information content (AvgIpc) is 3.17. The van der Waals surface area contributed by atoms with Gasteiger partial charge in [0.05, 0.1) is 5.56 Å². The summed E-state index contributed by atoms with van der Waals surface area (Å²) in [6.45, 7) is 4.20. The maximum Gasteiger partial charge on any atom is 0.347 e. The largest absolute Gasteiger partial charge is 0.478 e. The van der Waals surface area contributed by atoms with E-state index in [2.05, 4.69) is 11.1 Å². The highest BCUT2D eigenvalue weighted by atomic mass is 16.5. The zero-order valence-electron chi connectivity index (χ0n) is 17.0. The molecule has 30 heavy (non-hydrogen) atoms. The first-order chi connectivity index (χ1) is 14.3. The number of carbonyl (C=O) groups excluding carboxylic acids is 1. The molecule has 0 saturated heterocycles. The molecule has 0 saturated carbocycles. The molecule has 1 aliphatic rings. The number of aromatic amines is 1. The number of carbonyl (C=O) groups is 2. The van der Waals surface area contributed by atoms with Crippen LogP contribution in [0.3, 0.4) is 0 Å². The Balaban J connectivity index is 1.49. The molecule has 6 nitrogen and oxygen atoms in total. The molecule has 154 valence electrons. The fourth-order valence-corrected chi connectivity index (χ4v) is 3.63. The number of rotatable bonds is 5. The lowest BCUT2D eigenvalue weighted by molar-refractivity contribution is -0.152. The van der Waals surface area contributed by atoms with Crippen molar-refractivity contribution < 1.29 is 19.4 Å². The molecule has 0 fully saturated rings. The molecule has 0 radical (unpaired) electrons. The van der Waals surface area contributed by atoms with Crippen molar-refractivity contribution >= 4 is 28.4 Å². The van der Waals surface area contributed by atoms with E-state index in [1.807, 2.05) is 47.4 Å². The number of aliphatic carboxylic acids is 1. The molecular weight excluding hydrogens is 380 g/mol. The second-order valence-electron chi connectivity index (χ2n) is 7.92. The Morgan fingerprint density at radius 2 is 1.93 bits per heavy atom. The van der Waals surface area contributed by atoms with Crippen LogP contribution in [0.15, 0.2) is 60.8 Å².